The minimum atomic E-state index is -4.11. The smallest absolute Gasteiger partial charge is 0.264 e. The number of ether oxygens (including phenoxy) is 4. The Morgan fingerprint density at radius 2 is 1.66 bits per heavy atom. The fourth-order valence-electron chi connectivity index (χ4n) is 3.59. The van der Waals surface area contributed by atoms with Gasteiger partial charge < -0.3 is 24.3 Å². The molecule has 0 saturated heterocycles. The lowest BCUT2D eigenvalue weighted by molar-refractivity contribution is -0.120. The number of sulfonamides is 1. The van der Waals surface area contributed by atoms with Crippen LogP contribution in [0.1, 0.15) is 0 Å². The van der Waals surface area contributed by atoms with E-state index in [-0.39, 0.29) is 23.7 Å². The van der Waals surface area contributed by atoms with Crippen molar-refractivity contribution < 1.29 is 32.2 Å². The van der Waals surface area contributed by atoms with Crippen molar-refractivity contribution in [1.82, 2.24) is 5.32 Å². The van der Waals surface area contributed by atoms with Crippen LogP contribution in [0.2, 0.25) is 0 Å². The van der Waals surface area contributed by atoms with Crippen LogP contribution in [0.15, 0.2) is 77.7 Å². The van der Waals surface area contributed by atoms with E-state index in [0.29, 0.717) is 23.0 Å². The van der Waals surface area contributed by atoms with E-state index in [1.807, 2.05) is 12.1 Å². The summed E-state index contributed by atoms with van der Waals surface area (Å²) in [7, 11) is -1.17. The Kier molecular flexibility index (Phi) is 7.31. The molecule has 9 nitrogen and oxygen atoms in total. The van der Waals surface area contributed by atoms with Crippen molar-refractivity contribution in [3.8, 4) is 23.0 Å². The van der Waals surface area contributed by atoms with Crippen molar-refractivity contribution in [1.29, 1.82) is 0 Å². The largest absolute Gasteiger partial charge is 0.497 e. The Bertz CT molecular complexity index is 1280. The molecule has 184 valence electrons. The molecule has 1 aliphatic rings. The molecule has 0 unspecified atom stereocenters. The van der Waals surface area contributed by atoms with Crippen LogP contribution in [-0.4, -0.2) is 54.3 Å². The second-order valence-corrected chi connectivity index (χ2v) is 9.52. The Hall–Kier alpha value is -3.92. The van der Waals surface area contributed by atoms with Gasteiger partial charge in [0.25, 0.3) is 10.0 Å². The van der Waals surface area contributed by atoms with Gasteiger partial charge in [0.15, 0.2) is 11.5 Å². The maximum absolute atomic E-state index is 13.6. The number of nitrogens with one attached hydrogen (secondary N) is 1. The summed E-state index contributed by atoms with van der Waals surface area (Å²) in [5.74, 6) is 1.56. The number of para-hydroxylation sites is 4. The molecule has 3 aromatic carbocycles. The van der Waals surface area contributed by atoms with Crippen LogP contribution in [0, 0.1) is 0 Å². The van der Waals surface area contributed by atoms with E-state index in [2.05, 4.69) is 5.32 Å². The Morgan fingerprint density at radius 1 is 0.971 bits per heavy atom. The molecular weight excluding hydrogens is 472 g/mol. The topological polar surface area (TPSA) is 103 Å². The second kappa shape index (κ2) is 10.6. The van der Waals surface area contributed by atoms with Crippen molar-refractivity contribution in [2.45, 2.75) is 11.0 Å². The zero-order valence-corrected chi connectivity index (χ0v) is 20.2. The highest BCUT2D eigenvalue weighted by atomic mass is 32.2. The fraction of sp³-hybridized carbons (Fsp3) is 0.240. The number of amides is 1. The van der Waals surface area contributed by atoms with Crippen LogP contribution in [0.5, 0.6) is 23.0 Å². The number of carbonyl (C=O) groups excluding carboxylic acids is 1. The lowest BCUT2D eigenvalue weighted by Gasteiger charge is -2.28. The molecule has 0 saturated carbocycles. The number of rotatable bonds is 9. The van der Waals surface area contributed by atoms with Gasteiger partial charge in [-0.1, -0.05) is 24.3 Å². The van der Waals surface area contributed by atoms with Gasteiger partial charge in [-0.3, -0.25) is 9.10 Å². The molecule has 1 N–H and O–H groups in total. The van der Waals surface area contributed by atoms with Gasteiger partial charge in [-0.2, -0.15) is 0 Å². The molecule has 0 aromatic heterocycles. The number of hydrogen-bond donors (Lipinski definition) is 1. The summed E-state index contributed by atoms with van der Waals surface area (Å²) < 4.78 is 50.2. The van der Waals surface area contributed by atoms with E-state index in [1.165, 1.54) is 26.4 Å². The standard InChI is InChI=1S/C25H26N2O7S/c1-31-18-11-13-20(14-12-18)35(29,30)27(21-7-3-4-8-22(21)32-2)16-25(28)26-15-19-17-33-23-9-5-6-10-24(23)34-19/h3-14,19H,15-17H2,1-2H3,(H,26,28)/t19-/m0/s1. The van der Waals surface area contributed by atoms with Crippen LogP contribution in [0.4, 0.5) is 5.69 Å². The molecule has 1 heterocycles. The Labute approximate surface area is 204 Å². The molecule has 10 heteroatoms. The van der Waals surface area contributed by atoms with Crippen LogP contribution >= 0.6 is 0 Å². The molecular formula is C25H26N2O7S. The Morgan fingerprint density at radius 3 is 2.37 bits per heavy atom. The third-order valence-corrected chi connectivity index (χ3v) is 7.16. The molecule has 4 rings (SSSR count). The molecule has 0 spiro atoms. The summed E-state index contributed by atoms with van der Waals surface area (Å²) in [6.45, 7) is -0.0495. The summed E-state index contributed by atoms with van der Waals surface area (Å²) in [5, 5.41) is 2.75. The third kappa shape index (κ3) is 5.43. The number of carbonyl (C=O) groups is 1. The summed E-state index contributed by atoms with van der Waals surface area (Å²) in [6, 6.07) is 19.8. The zero-order valence-electron chi connectivity index (χ0n) is 19.3. The molecule has 3 aromatic rings. The second-order valence-electron chi connectivity index (χ2n) is 7.66. The third-order valence-electron chi connectivity index (χ3n) is 5.38. The quantitative estimate of drug-likeness (QED) is 0.484. The Balaban J connectivity index is 1.53. The van der Waals surface area contributed by atoms with Gasteiger partial charge in [-0.25, -0.2) is 8.42 Å². The summed E-state index contributed by atoms with van der Waals surface area (Å²) in [5.41, 5.74) is 0.243. The van der Waals surface area contributed by atoms with Crippen LogP contribution in [-0.2, 0) is 14.8 Å². The molecule has 0 aliphatic carbocycles. The van der Waals surface area contributed by atoms with E-state index in [4.69, 9.17) is 18.9 Å². The van der Waals surface area contributed by atoms with Crippen molar-refractivity contribution in [2.24, 2.45) is 0 Å². The van der Waals surface area contributed by atoms with E-state index >= 15 is 0 Å². The highest BCUT2D eigenvalue weighted by Crippen LogP contribution is 2.33. The van der Waals surface area contributed by atoms with Gasteiger partial charge >= 0.3 is 0 Å². The van der Waals surface area contributed by atoms with Crippen molar-refractivity contribution in [3.05, 3.63) is 72.8 Å². The highest BCUT2D eigenvalue weighted by molar-refractivity contribution is 7.92. The first-order valence-corrected chi connectivity index (χ1v) is 12.3. The van der Waals surface area contributed by atoms with Gasteiger partial charge in [-0.15, -0.1) is 0 Å². The maximum Gasteiger partial charge on any atom is 0.264 e. The van der Waals surface area contributed by atoms with Crippen molar-refractivity contribution in [2.75, 3.05) is 38.2 Å². The SMILES string of the molecule is COc1ccc(S(=O)(=O)N(CC(=O)NC[C@H]2COc3ccccc3O2)c2ccccc2OC)cc1. The van der Waals surface area contributed by atoms with E-state index in [1.54, 1.807) is 48.5 Å². The van der Waals surface area contributed by atoms with Crippen LogP contribution < -0.4 is 28.6 Å². The molecule has 35 heavy (non-hydrogen) atoms. The molecule has 1 aliphatic heterocycles. The zero-order chi connectivity index (χ0) is 24.8. The average molecular weight is 499 g/mol. The molecule has 0 fully saturated rings. The van der Waals surface area contributed by atoms with Gasteiger partial charge in [0, 0.05) is 0 Å². The van der Waals surface area contributed by atoms with Crippen LogP contribution in [0.3, 0.4) is 0 Å². The first-order valence-electron chi connectivity index (χ1n) is 10.9. The lowest BCUT2D eigenvalue weighted by atomic mass is 10.2. The minimum Gasteiger partial charge on any atom is -0.497 e. The van der Waals surface area contributed by atoms with E-state index < -0.39 is 28.6 Å². The maximum atomic E-state index is 13.6. The van der Waals surface area contributed by atoms with E-state index in [0.717, 1.165) is 4.31 Å². The normalized spacial score (nSPS) is 14.6. The summed E-state index contributed by atoms with van der Waals surface area (Å²) in [6.07, 6.45) is -0.410. The number of nitrogens with zero attached hydrogens (tertiary/aromatic N) is 1. The van der Waals surface area contributed by atoms with Crippen molar-refractivity contribution in [3.63, 3.8) is 0 Å². The predicted molar refractivity (Wildman–Crippen MR) is 130 cm³/mol. The molecule has 1 amide bonds. The molecule has 1 atom stereocenters. The number of methoxy groups -OCH3 is 2. The molecule has 0 radical (unpaired) electrons. The van der Waals surface area contributed by atoms with Gasteiger partial charge in [0.2, 0.25) is 5.91 Å². The first kappa shape index (κ1) is 24.2. The highest BCUT2D eigenvalue weighted by Gasteiger charge is 2.30. The summed E-state index contributed by atoms with van der Waals surface area (Å²) >= 11 is 0. The lowest BCUT2D eigenvalue weighted by Crippen LogP contribution is -2.45. The van der Waals surface area contributed by atoms with Crippen molar-refractivity contribution >= 4 is 21.6 Å². The van der Waals surface area contributed by atoms with Gasteiger partial charge in [-0.05, 0) is 48.5 Å². The van der Waals surface area contributed by atoms with Gasteiger partial charge in [0.1, 0.15) is 30.8 Å². The van der Waals surface area contributed by atoms with Crippen LogP contribution in [0.25, 0.3) is 0 Å². The predicted octanol–water partition coefficient (Wildman–Crippen LogP) is 2.86. The monoisotopic (exact) mass is 498 g/mol. The number of benzene rings is 3. The number of anilines is 1. The number of hydrogen-bond acceptors (Lipinski definition) is 7. The first-order chi connectivity index (χ1) is 16.9. The summed E-state index contributed by atoms with van der Waals surface area (Å²) in [4.78, 5) is 12.9. The fourth-order valence-corrected chi connectivity index (χ4v) is 5.02. The average Bonchev–Trinajstić information content (AvgIpc) is 2.90. The minimum absolute atomic E-state index is 0.0117. The molecule has 0 bridgehead atoms. The van der Waals surface area contributed by atoms with Gasteiger partial charge in [0.05, 0.1) is 31.3 Å². The van der Waals surface area contributed by atoms with E-state index in [9.17, 15) is 13.2 Å². The number of fused-ring (bicyclic) bond motifs is 1.